The molecular formula is C18H16F3NO2. The first-order chi connectivity index (χ1) is 11.4. The Bertz CT molecular complexity index is 773. The van der Waals surface area contributed by atoms with E-state index in [4.69, 9.17) is 4.74 Å². The number of hydrogen-bond acceptors (Lipinski definition) is 2. The SMILES string of the molecule is CC(C)Oc1cccc(/C=C/C(=O)Nc2ccc(F)c(F)c2F)c1. The average molecular weight is 335 g/mol. The van der Waals surface area contributed by atoms with E-state index < -0.39 is 29.0 Å². The van der Waals surface area contributed by atoms with Crippen molar-refractivity contribution in [3.8, 4) is 5.75 Å². The molecule has 24 heavy (non-hydrogen) atoms. The number of rotatable bonds is 5. The van der Waals surface area contributed by atoms with Crippen LogP contribution in [-0.4, -0.2) is 12.0 Å². The van der Waals surface area contributed by atoms with Crippen molar-refractivity contribution in [2.24, 2.45) is 0 Å². The van der Waals surface area contributed by atoms with Gasteiger partial charge < -0.3 is 10.1 Å². The summed E-state index contributed by atoms with van der Waals surface area (Å²) in [7, 11) is 0. The Hall–Kier alpha value is -2.76. The number of ether oxygens (including phenoxy) is 1. The lowest BCUT2D eigenvalue weighted by atomic mass is 10.2. The van der Waals surface area contributed by atoms with E-state index >= 15 is 0 Å². The van der Waals surface area contributed by atoms with Crippen LogP contribution in [0.1, 0.15) is 19.4 Å². The maximum atomic E-state index is 13.5. The molecule has 2 rings (SSSR count). The van der Waals surface area contributed by atoms with Crippen LogP contribution < -0.4 is 10.1 Å². The number of hydrogen-bond donors (Lipinski definition) is 1. The van der Waals surface area contributed by atoms with E-state index in [0.717, 1.165) is 18.2 Å². The van der Waals surface area contributed by atoms with Crippen molar-refractivity contribution in [1.29, 1.82) is 0 Å². The fourth-order valence-corrected chi connectivity index (χ4v) is 1.93. The number of amides is 1. The van der Waals surface area contributed by atoms with Gasteiger partial charge in [0.2, 0.25) is 5.91 Å². The van der Waals surface area contributed by atoms with E-state index in [0.29, 0.717) is 11.3 Å². The van der Waals surface area contributed by atoms with Crippen LogP contribution in [0.15, 0.2) is 42.5 Å². The lowest BCUT2D eigenvalue weighted by molar-refractivity contribution is -0.111. The van der Waals surface area contributed by atoms with E-state index in [2.05, 4.69) is 5.32 Å². The highest BCUT2D eigenvalue weighted by molar-refractivity contribution is 6.02. The molecule has 0 fully saturated rings. The molecule has 0 unspecified atom stereocenters. The van der Waals surface area contributed by atoms with Gasteiger partial charge in [-0.05, 0) is 49.8 Å². The molecule has 1 amide bonds. The minimum Gasteiger partial charge on any atom is -0.491 e. The third kappa shape index (κ3) is 4.62. The number of halogens is 3. The molecule has 0 spiro atoms. The normalized spacial score (nSPS) is 11.1. The lowest BCUT2D eigenvalue weighted by Gasteiger charge is -2.09. The molecule has 0 aliphatic carbocycles. The highest BCUT2D eigenvalue weighted by Crippen LogP contribution is 2.20. The summed E-state index contributed by atoms with van der Waals surface area (Å²) in [5, 5.41) is 2.16. The first kappa shape index (κ1) is 17.6. The first-order valence-electron chi connectivity index (χ1n) is 7.26. The van der Waals surface area contributed by atoms with Gasteiger partial charge in [0.25, 0.3) is 0 Å². The predicted octanol–water partition coefficient (Wildman–Crippen LogP) is 4.54. The molecule has 0 aliphatic rings. The van der Waals surface area contributed by atoms with Crippen molar-refractivity contribution in [2.75, 3.05) is 5.32 Å². The van der Waals surface area contributed by atoms with Crippen molar-refractivity contribution >= 4 is 17.7 Å². The third-order valence-electron chi connectivity index (χ3n) is 2.95. The van der Waals surface area contributed by atoms with Gasteiger partial charge in [-0.15, -0.1) is 0 Å². The molecule has 6 heteroatoms. The molecule has 2 aromatic carbocycles. The molecule has 0 radical (unpaired) electrons. The van der Waals surface area contributed by atoms with E-state index in [1.54, 1.807) is 24.3 Å². The smallest absolute Gasteiger partial charge is 0.248 e. The molecule has 0 saturated heterocycles. The lowest BCUT2D eigenvalue weighted by Crippen LogP contribution is -2.10. The topological polar surface area (TPSA) is 38.3 Å². The van der Waals surface area contributed by atoms with Crippen molar-refractivity contribution in [1.82, 2.24) is 0 Å². The molecule has 2 aromatic rings. The Morgan fingerprint density at radius 3 is 2.58 bits per heavy atom. The van der Waals surface area contributed by atoms with Crippen LogP contribution in [0, 0.1) is 17.5 Å². The standard InChI is InChI=1S/C18H16F3NO2/c1-11(2)24-13-5-3-4-12(10-13)6-9-16(23)22-15-8-7-14(19)17(20)18(15)21/h3-11H,1-2H3,(H,22,23)/b9-6+. The number of benzene rings is 2. The summed E-state index contributed by atoms with van der Waals surface area (Å²) in [6.45, 7) is 3.79. The van der Waals surface area contributed by atoms with Crippen LogP contribution in [0.25, 0.3) is 6.08 Å². The maximum absolute atomic E-state index is 13.5. The Labute approximate surface area is 137 Å². The second kappa shape index (κ2) is 7.68. The van der Waals surface area contributed by atoms with Gasteiger partial charge in [0.1, 0.15) is 5.75 Å². The van der Waals surface area contributed by atoms with Crippen LogP contribution in [0.3, 0.4) is 0 Å². The Morgan fingerprint density at radius 1 is 1.12 bits per heavy atom. The Morgan fingerprint density at radius 2 is 1.88 bits per heavy atom. The van der Waals surface area contributed by atoms with Crippen molar-refractivity contribution in [3.63, 3.8) is 0 Å². The summed E-state index contributed by atoms with van der Waals surface area (Å²) >= 11 is 0. The molecule has 0 saturated carbocycles. The van der Waals surface area contributed by atoms with Gasteiger partial charge in [-0.2, -0.15) is 0 Å². The monoisotopic (exact) mass is 335 g/mol. The summed E-state index contributed by atoms with van der Waals surface area (Å²) in [5.74, 6) is -4.41. The maximum Gasteiger partial charge on any atom is 0.248 e. The fourth-order valence-electron chi connectivity index (χ4n) is 1.93. The second-order valence-corrected chi connectivity index (χ2v) is 5.28. The van der Waals surface area contributed by atoms with Crippen LogP contribution >= 0.6 is 0 Å². The minimum atomic E-state index is -1.63. The van der Waals surface area contributed by atoms with Crippen molar-refractivity contribution in [3.05, 3.63) is 65.5 Å². The van der Waals surface area contributed by atoms with Crippen LogP contribution in [0.5, 0.6) is 5.75 Å². The molecule has 0 heterocycles. The van der Waals surface area contributed by atoms with Gasteiger partial charge in [0.05, 0.1) is 11.8 Å². The summed E-state index contributed by atoms with van der Waals surface area (Å²) in [5.41, 5.74) is 0.273. The molecule has 0 aromatic heterocycles. The molecule has 0 aliphatic heterocycles. The molecule has 3 nitrogen and oxygen atoms in total. The molecular weight excluding hydrogens is 319 g/mol. The molecule has 0 atom stereocenters. The number of carbonyl (C=O) groups excluding carboxylic acids is 1. The molecule has 126 valence electrons. The van der Waals surface area contributed by atoms with E-state index in [-0.39, 0.29) is 6.10 Å². The quantitative estimate of drug-likeness (QED) is 0.643. The summed E-state index contributed by atoms with van der Waals surface area (Å²) in [6.07, 6.45) is 2.68. The third-order valence-corrected chi connectivity index (χ3v) is 2.95. The Kier molecular flexibility index (Phi) is 5.63. The average Bonchev–Trinajstić information content (AvgIpc) is 2.53. The molecule has 1 N–H and O–H groups in total. The fraction of sp³-hybridized carbons (Fsp3) is 0.167. The predicted molar refractivity (Wildman–Crippen MR) is 86.2 cm³/mol. The largest absolute Gasteiger partial charge is 0.491 e. The summed E-state index contributed by atoms with van der Waals surface area (Å²) < 4.78 is 45.0. The van der Waals surface area contributed by atoms with Gasteiger partial charge in [-0.1, -0.05) is 12.1 Å². The van der Waals surface area contributed by atoms with Gasteiger partial charge >= 0.3 is 0 Å². The van der Waals surface area contributed by atoms with E-state index in [1.807, 2.05) is 13.8 Å². The highest BCUT2D eigenvalue weighted by atomic mass is 19.2. The summed E-state index contributed by atoms with van der Waals surface area (Å²) in [6, 6.07) is 8.75. The van der Waals surface area contributed by atoms with Crippen LogP contribution in [-0.2, 0) is 4.79 Å². The van der Waals surface area contributed by atoms with E-state index in [1.165, 1.54) is 6.08 Å². The highest BCUT2D eigenvalue weighted by Gasteiger charge is 2.14. The van der Waals surface area contributed by atoms with Gasteiger partial charge in [0, 0.05) is 6.08 Å². The summed E-state index contributed by atoms with van der Waals surface area (Å²) in [4.78, 5) is 11.8. The first-order valence-corrected chi connectivity index (χ1v) is 7.26. The van der Waals surface area contributed by atoms with Crippen molar-refractivity contribution < 1.29 is 22.7 Å². The number of nitrogens with one attached hydrogen (secondary N) is 1. The van der Waals surface area contributed by atoms with Gasteiger partial charge in [0.15, 0.2) is 17.5 Å². The van der Waals surface area contributed by atoms with E-state index in [9.17, 15) is 18.0 Å². The zero-order chi connectivity index (χ0) is 17.7. The number of anilines is 1. The zero-order valence-corrected chi connectivity index (χ0v) is 13.1. The van der Waals surface area contributed by atoms with Crippen LogP contribution in [0.4, 0.5) is 18.9 Å². The van der Waals surface area contributed by atoms with Gasteiger partial charge in [-0.25, -0.2) is 13.2 Å². The second-order valence-electron chi connectivity index (χ2n) is 5.28. The number of carbonyl (C=O) groups is 1. The zero-order valence-electron chi connectivity index (χ0n) is 13.1. The van der Waals surface area contributed by atoms with Gasteiger partial charge in [-0.3, -0.25) is 4.79 Å². The molecule has 0 bridgehead atoms. The Balaban J connectivity index is 2.07. The van der Waals surface area contributed by atoms with Crippen molar-refractivity contribution in [2.45, 2.75) is 20.0 Å². The van der Waals surface area contributed by atoms with Crippen LogP contribution in [0.2, 0.25) is 0 Å². The minimum absolute atomic E-state index is 0.0175.